The Labute approximate surface area is 103 Å². The Balaban J connectivity index is 2.03. The first kappa shape index (κ1) is 12.1. The average Bonchev–Trinajstić information content (AvgIpc) is 2.63. The lowest BCUT2D eigenvalue weighted by Crippen LogP contribution is -2.48. The summed E-state index contributed by atoms with van der Waals surface area (Å²) in [6.45, 7) is 6.63. The van der Waals surface area contributed by atoms with E-state index in [0.29, 0.717) is 18.6 Å². The second-order valence-electron chi connectivity index (χ2n) is 5.15. The smallest absolute Gasteiger partial charge is 0.244 e. The van der Waals surface area contributed by atoms with Crippen LogP contribution in [-0.4, -0.2) is 32.7 Å². The van der Waals surface area contributed by atoms with Gasteiger partial charge in [0.15, 0.2) is 0 Å². The van der Waals surface area contributed by atoms with E-state index in [-0.39, 0.29) is 5.91 Å². The summed E-state index contributed by atoms with van der Waals surface area (Å²) in [5.41, 5.74) is 1.09. The predicted octanol–water partition coefficient (Wildman–Crippen LogP) is 1.98. The standard InChI is InChI=1S/C13H21N3O/c1-10-7-14-15(8-10)9-13(17)16-11(2)5-4-6-12(16)3/h7-8,11-12H,4-6,9H2,1-3H3. The van der Waals surface area contributed by atoms with Gasteiger partial charge in [-0.3, -0.25) is 9.48 Å². The van der Waals surface area contributed by atoms with Crippen LogP contribution in [0.25, 0.3) is 0 Å². The third-order valence-corrected chi connectivity index (χ3v) is 3.54. The van der Waals surface area contributed by atoms with E-state index in [9.17, 15) is 4.79 Å². The molecule has 1 aromatic heterocycles. The lowest BCUT2D eigenvalue weighted by Gasteiger charge is -2.39. The van der Waals surface area contributed by atoms with Crippen molar-refractivity contribution in [2.75, 3.05) is 0 Å². The number of hydrogen-bond acceptors (Lipinski definition) is 2. The molecular formula is C13H21N3O. The maximum atomic E-state index is 12.3. The first-order valence-corrected chi connectivity index (χ1v) is 6.38. The van der Waals surface area contributed by atoms with Gasteiger partial charge in [0.25, 0.3) is 0 Å². The van der Waals surface area contributed by atoms with Crippen molar-refractivity contribution in [3.63, 3.8) is 0 Å². The Morgan fingerprint density at radius 1 is 1.41 bits per heavy atom. The largest absolute Gasteiger partial charge is 0.336 e. The zero-order valence-electron chi connectivity index (χ0n) is 10.9. The van der Waals surface area contributed by atoms with E-state index < -0.39 is 0 Å². The van der Waals surface area contributed by atoms with Gasteiger partial charge >= 0.3 is 0 Å². The molecule has 94 valence electrons. The number of carbonyl (C=O) groups excluding carboxylic acids is 1. The number of amides is 1. The molecule has 1 fully saturated rings. The summed E-state index contributed by atoms with van der Waals surface area (Å²) < 4.78 is 1.73. The summed E-state index contributed by atoms with van der Waals surface area (Å²) in [4.78, 5) is 14.3. The number of carbonyl (C=O) groups is 1. The van der Waals surface area contributed by atoms with Crippen LogP contribution in [0.5, 0.6) is 0 Å². The molecule has 1 saturated heterocycles. The molecule has 1 aromatic rings. The van der Waals surface area contributed by atoms with Gasteiger partial charge in [-0.2, -0.15) is 5.10 Å². The molecule has 17 heavy (non-hydrogen) atoms. The van der Waals surface area contributed by atoms with Gasteiger partial charge in [-0.25, -0.2) is 0 Å². The Morgan fingerprint density at radius 3 is 2.59 bits per heavy atom. The fraction of sp³-hybridized carbons (Fsp3) is 0.692. The van der Waals surface area contributed by atoms with Crippen molar-refractivity contribution in [1.82, 2.24) is 14.7 Å². The van der Waals surface area contributed by atoms with Crippen molar-refractivity contribution in [2.24, 2.45) is 0 Å². The van der Waals surface area contributed by atoms with Gasteiger partial charge in [-0.1, -0.05) is 0 Å². The molecule has 2 rings (SSSR count). The van der Waals surface area contributed by atoms with Crippen molar-refractivity contribution in [2.45, 2.75) is 58.7 Å². The number of rotatable bonds is 2. The molecule has 1 aliphatic heterocycles. The highest BCUT2D eigenvalue weighted by Crippen LogP contribution is 2.22. The Bertz CT molecular complexity index is 389. The molecule has 0 N–H and O–H groups in total. The molecule has 0 bridgehead atoms. The summed E-state index contributed by atoms with van der Waals surface area (Å²) in [6, 6.07) is 0.728. The maximum Gasteiger partial charge on any atom is 0.244 e. The molecule has 1 amide bonds. The summed E-state index contributed by atoms with van der Waals surface area (Å²) >= 11 is 0. The SMILES string of the molecule is Cc1cnn(CC(=O)N2C(C)CCCC2C)c1. The van der Waals surface area contributed by atoms with Crippen LogP contribution in [-0.2, 0) is 11.3 Å². The minimum Gasteiger partial charge on any atom is -0.336 e. The molecule has 2 atom stereocenters. The van der Waals surface area contributed by atoms with Crippen LogP contribution in [0.15, 0.2) is 12.4 Å². The molecule has 2 unspecified atom stereocenters. The van der Waals surface area contributed by atoms with Crippen LogP contribution in [0, 0.1) is 6.92 Å². The lowest BCUT2D eigenvalue weighted by atomic mass is 9.97. The van der Waals surface area contributed by atoms with E-state index in [1.165, 1.54) is 6.42 Å². The minimum atomic E-state index is 0.188. The molecule has 2 heterocycles. The number of aryl methyl sites for hydroxylation is 1. The van der Waals surface area contributed by atoms with Gasteiger partial charge in [-0.05, 0) is 45.6 Å². The normalized spacial score (nSPS) is 25.0. The molecule has 4 heteroatoms. The quantitative estimate of drug-likeness (QED) is 0.786. The highest BCUT2D eigenvalue weighted by atomic mass is 16.2. The summed E-state index contributed by atoms with van der Waals surface area (Å²) in [6.07, 6.45) is 7.17. The van der Waals surface area contributed by atoms with Crippen LogP contribution < -0.4 is 0 Å². The zero-order chi connectivity index (χ0) is 12.4. The Kier molecular flexibility index (Phi) is 3.50. The van der Waals surface area contributed by atoms with Crippen LogP contribution >= 0.6 is 0 Å². The molecule has 0 spiro atoms. The van der Waals surface area contributed by atoms with Crippen molar-refractivity contribution < 1.29 is 4.79 Å². The van der Waals surface area contributed by atoms with Crippen molar-refractivity contribution >= 4 is 5.91 Å². The third kappa shape index (κ3) is 2.68. The molecule has 4 nitrogen and oxygen atoms in total. The Hall–Kier alpha value is -1.32. The number of aromatic nitrogens is 2. The first-order chi connectivity index (χ1) is 8.08. The lowest BCUT2D eigenvalue weighted by molar-refractivity contribution is -0.138. The third-order valence-electron chi connectivity index (χ3n) is 3.54. The minimum absolute atomic E-state index is 0.188. The second-order valence-corrected chi connectivity index (χ2v) is 5.15. The van der Waals surface area contributed by atoms with Gasteiger partial charge in [0.05, 0.1) is 6.20 Å². The Morgan fingerprint density at radius 2 is 2.06 bits per heavy atom. The molecule has 0 aromatic carbocycles. The summed E-state index contributed by atoms with van der Waals surface area (Å²) in [7, 11) is 0. The van der Waals surface area contributed by atoms with Crippen molar-refractivity contribution in [3.8, 4) is 0 Å². The first-order valence-electron chi connectivity index (χ1n) is 6.38. The predicted molar refractivity (Wildman–Crippen MR) is 66.6 cm³/mol. The molecule has 0 aliphatic carbocycles. The van der Waals surface area contributed by atoms with E-state index in [1.807, 2.05) is 18.0 Å². The number of hydrogen-bond donors (Lipinski definition) is 0. The van der Waals surface area contributed by atoms with Crippen LogP contribution in [0.1, 0.15) is 38.7 Å². The number of likely N-dealkylation sites (tertiary alicyclic amines) is 1. The molecular weight excluding hydrogens is 214 g/mol. The van der Waals surface area contributed by atoms with Crippen LogP contribution in [0.3, 0.4) is 0 Å². The van der Waals surface area contributed by atoms with Gasteiger partial charge in [0.2, 0.25) is 5.91 Å². The number of piperidine rings is 1. The molecule has 1 aliphatic rings. The fourth-order valence-corrected chi connectivity index (χ4v) is 2.69. The average molecular weight is 235 g/mol. The van der Waals surface area contributed by atoms with Gasteiger partial charge in [-0.15, -0.1) is 0 Å². The topological polar surface area (TPSA) is 38.1 Å². The van der Waals surface area contributed by atoms with Gasteiger partial charge in [0.1, 0.15) is 6.54 Å². The van der Waals surface area contributed by atoms with Crippen LogP contribution in [0.4, 0.5) is 0 Å². The molecule has 0 saturated carbocycles. The zero-order valence-corrected chi connectivity index (χ0v) is 10.9. The summed E-state index contributed by atoms with van der Waals surface area (Å²) in [5, 5.41) is 4.17. The van der Waals surface area contributed by atoms with Gasteiger partial charge in [0, 0.05) is 18.3 Å². The van der Waals surface area contributed by atoms with E-state index in [1.54, 1.807) is 10.9 Å². The second kappa shape index (κ2) is 4.90. The van der Waals surface area contributed by atoms with E-state index in [0.717, 1.165) is 18.4 Å². The van der Waals surface area contributed by atoms with Crippen molar-refractivity contribution in [3.05, 3.63) is 18.0 Å². The van der Waals surface area contributed by atoms with E-state index in [2.05, 4.69) is 18.9 Å². The van der Waals surface area contributed by atoms with E-state index in [4.69, 9.17) is 0 Å². The summed E-state index contributed by atoms with van der Waals surface area (Å²) in [5.74, 6) is 0.188. The van der Waals surface area contributed by atoms with E-state index >= 15 is 0 Å². The van der Waals surface area contributed by atoms with Gasteiger partial charge < -0.3 is 4.90 Å². The highest BCUT2D eigenvalue weighted by Gasteiger charge is 2.28. The maximum absolute atomic E-state index is 12.3. The molecule has 0 radical (unpaired) electrons. The fourth-order valence-electron chi connectivity index (χ4n) is 2.69. The monoisotopic (exact) mass is 235 g/mol. The van der Waals surface area contributed by atoms with Crippen LogP contribution in [0.2, 0.25) is 0 Å². The highest BCUT2D eigenvalue weighted by molar-refractivity contribution is 5.76. The number of nitrogens with zero attached hydrogens (tertiary/aromatic N) is 3. The van der Waals surface area contributed by atoms with Crippen molar-refractivity contribution in [1.29, 1.82) is 0 Å².